The monoisotopic (exact) mass is 1300 g/mol. The van der Waals surface area contributed by atoms with Crippen molar-refractivity contribution in [3.05, 3.63) is 72.8 Å². The Kier molecular flexibility index (Phi) is 29.7. The highest BCUT2D eigenvalue weighted by atomic mass is 28.4. The van der Waals surface area contributed by atoms with Gasteiger partial charge in [-0.25, -0.2) is 4.79 Å². The van der Waals surface area contributed by atoms with Gasteiger partial charge in [-0.15, -0.1) is 0 Å². The lowest BCUT2D eigenvalue weighted by Gasteiger charge is -2.47. The second kappa shape index (κ2) is 33.0. The number of carbonyl (C=O) groups excluding carboxylic acids is 1. The maximum atomic E-state index is 15.6. The normalized spacial score (nSPS) is 16.9. The van der Waals surface area contributed by atoms with Gasteiger partial charge in [0.25, 0.3) is 8.32 Å². The Hall–Kier alpha value is -2.80. The standard InChI is InChI=1S/C64H100F14O5Si3/c1-13-14-15-16-17-18-19-20-21-22-23-26-32-51(83-86(58(10,11)12,55-34-27-24-28-35-55)56-36-29-25-30-37-56)39-40-53(81-84(47(2)3,48(4)5)43-41-59(65,66)61(69,70)63(73,74)75)46-54(45-52-33-31-38-57(79)80-52)82-85(49(6)7,50(8)9)44-42-60(67,68)62(71,72)64(76,77)78/h24-25,27-31,34-38,47-54H,13-23,26,32-33,39-46H2,1-12H3/t51-,52+,53-,54+/m1/s1. The summed E-state index contributed by atoms with van der Waals surface area (Å²) >= 11 is 0. The molecule has 0 saturated carbocycles. The van der Waals surface area contributed by atoms with Crippen molar-refractivity contribution in [2.75, 3.05) is 0 Å². The molecule has 5 nitrogen and oxygen atoms in total. The average Bonchev–Trinajstić information content (AvgIpc) is 0.840. The molecule has 0 unspecified atom stereocenters. The number of alkyl halides is 14. The Morgan fingerprint density at radius 2 is 0.872 bits per heavy atom. The molecule has 1 aliphatic rings. The third-order valence-corrected chi connectivity index (χ3v) is 34.4. The van der Waals surface area contributed by atoms with Gasteiger partial charge in [-0.2, -0.15) is 61.5 Å². The van der Waals surface area contributed by atoms with Crippen molar-refractivity contribution >= 4 is 41.3 Å². The number of hydrogen-bond donors (Lipinski definition) is 0. The molecule has 2 aromatic carbocycles. The summed E-state index contributed by atoms with van der Waals surface area (Å²) in [6.07, 6.45) is -4.64. The summed E-state index contributed by atoms with van der Waals surface area (Å²) in [7, 11) is -11.4. The lowest BCUT2D eigenvalue weighted by Crippen LogP contribution is -2.67. The number of cyclic esters (lactones) is 1. The van der Waals surface area contributed by atoms with Crippen LogP contribution in [-0.2, 0) is 22.8 Å². The van der Waals surface area contributed by atoms with Crippen LogP contribution in [0.5, 0.6) is 0 Å². The maximum absolute atomic E-state index is 15.6. The molecule has 0 aromatic heterocycles. The smallest absolute Gasteiger partial charge is 0.459 e. The van der Waals surface area contributed by atoms with Gasteiger partial charge in [0.15, 0.2) is 16.6 Å². The van der Waals surface area contributed by atoms with Crippen molar-refractivity contribution in [3.8, 4) is 0 Å². The molecular formula is C64H100F14O5Si3. The van der Waals surface area contributed by atoms with Crippen LogP contribution < -0.4 is 10.4 Å². The highest BCUT2D eigenvalue weighted by molar-refractivity contribution is 6.99. The average molecular weight is 1300 g/mol. The fourth-order valence-corrected chi connectivity index (χ4v) is 26.8. The number of unbranched alkanes of at least 4 members (excludes halogenated alkanes) is 11. The second-order valence-electron chi connectivity index (χ2n) is 26.4. The highest BCUT2D eigenvalue weighted by Gasteiger charge is 2.74. The topological polar surface area (TPSA) is 54.0 Å². The minimum absolute atomic E-state index is 0.0302. The fraction of sp³-hybridized carbons (Fsp3) is 0.766. The number of esters is 1. The van der Waals surface area contributed by atoms with E-state index < -0.39 is 144 Å². The molecule has 1 aliphatic heterocycles. The van der Waals surface area contributed by atoms with Gasteiger partial charge >= 0.3 is 42.0 Å². The Balaban J connectivity index is 2.34. The van der Waals surface area contributed by atoms with Crippen molar-refractivity contribution in [1.29, 1.82) is 0 Å². The summed E-state index contributed by atoms with van der Waals surface area (Å²) in [6.45, 7) is 21.4. The van der Waals surface area contributed by atoms with Crippen LogP contribution in [-0.4, -0.2) is 91.4 Å². The van der Waals surface area contributed by atoms with Gasteiger partial charge in [-0.1, -0.05) is 227 Å². The SMILES string of the molecule is CCCCCCCCCCCCCC[C@H](CC[C@H](C[C@H](C[C@@H]1CC=CC(=O)O1)O[Si](CCC(F)(F)C(F)(F)C(F)(F)F)(C(C)C)C(C)C)O[Si](CCC(F)(F)C(F)(F)C(F)(F)F)(C(C)C)C(C)C)O[Si](c1ccccc1)(c1ccccc1)C(C)(C)C. The molecule has 0 saturated heterocycles. The number of ether oxygens (including phenoxy) is 1. The predicted molar refractivity (Wildman–Crippen MR) is 323 cm³/mol. The van der Waals surface area contributed by atoms with Gasteiger partial charge in [-0.05, 0) is 75.3 Å². The number of benzene rings is 2. The van der Waals surface area contributed by atoms with E-state index in [-0.39, 0.29) is 32.1 Å². The van der Waals surface area contributed by atoms with E-state index in [1.54, 1.807) is 55.4 Å². The van der Waals surface area contributed by atoms with Crippen LogP contribution >= 0.6 is 0 Å². The zero-order chi connectivity index (χ0) is 65.2. The van der Waals surface area contributed by atoms with E-state index in [1.165, 1.54) is 50.7 Å². The molecule has 0 spiro atoms. The Morgan fingerprint density at radius 1 is 0.500 bits per heavy atom. The van der Waals surface area contributed by atoms with Crippen LogP contribution in [0.4, 0.5) is 61.5 Å². The summed E-state index contributed by atoms with van der Waals surface area (Å²) in [5.74, 6) is -24.7. The van der Waals surface area contributed by atoms with Gasteiger partial charge in [0.05, 0.1) is 6.10 Å². The third-order valence-electron chi connectivity index (χ3n) is 17.9. The molecule has 0 bridgehead atoms. The molecular weight excluding hydrogens is 1200 g/mol. The fourth-order valence-electron chi connectivity index (χ4n) is 12.7. The molecule has 0 aliphatic carbocycles. The highest BCUT2D eigenvalue weighted by Crippen LogP contribution is 2.53. The van der Waals surface area contributed by atoms with Gasteiger partial charge in [0.1, 0.15) is 6.10 Å². The summed E-state index contributed by atoms with van der Waals surface area (Å²) in [5.41, 5.74) is -2.84. The summed E-state index contributed by atoms with van der Waals surface area (Å²) in [4.78, 5) is 12.8. The molecule has 3 rings (SSSR count). The van der Waals surface area contributed by atoms with E-state index >= 15 is 17.6 Å². The van der Waals surface area contributed by atoms with Crippen molar-refractivity contribution in [3.63, 3.8) is 0 Å². The molecule has 0 radical (unpaired) electrons. The number of halogens is 14. The molecule has 2 aromatic rings. The van der Waals surface area contributed by atoms with Crippen LogP contribution in [0.15, 0.2) is 72.8 Å². The molecule has 0 fully saturated rings. The van der Waals surface area contributed by atoms with E-state index in [0.29, 0.717) is 6.42 Å². The zero-order valence-electron chi connectivity index (χ0n) is 52.9. The van der Waals surface area contributed by atoms with E-state index in [4.69, 9.17) is 18.0 Å². The first-order chi connectivity index (χ1) is 39.7. The first kappa shape index (κ1) is 77.4. The molecule has 1 heterocycles. The van der Waals surface area contributed by atoms with Crippen molar-refractivity contribution in [2.24, 2.45) is 0 Å². The van der Waals surface area contributed by atoms with Crippen molar-refractivity contribution in [1.82, 2.24) is 0 Å². The van der Waals surface area contributed by atoms with Crippen molar-refractivity contribution < 1.29 is 84.3 Å². The molecule has 0 amide bonds. The maximum Gasteiger partial charge on any atom is 0.459 e. The van der Waals surface area contributed by atoms with Crippen molar-refractivity contribution in [2.45, 2.75) is 311 Å². The van der Waals surface area contributed by atoms with Crippen LogP contribution in [0.25, 0.3) is 0 Å². The summed E-state index contributed by atoms with van der Waals surface area (Å²) in [5, 5.41) is 1.43. The summed E-state index contributed by atoms with van der Waals surface area (Å²) < 4.78 is 230. The van der Waals surface area contributed by atoms with Crippen LogP contribution in [0.3, 0.4) is 0 Å². The Labute approximate surface area is 507 Å². The molecule has 0 N–H and O–H groups in total. The Bertz CT molecular complexity index is 2240. The lowest BCUT2D eigenvalue weighted by atomic mass is 9.98. The molecule has 86 heavy (non-hydrogen) atoms. The number of hydrogen-bond acceptors (Lipinski definition) is 5. The van der Waals surface area contributed by atoms with Gasteiger partial charge in [-0.3, -0.25) is 0 Å². The molecule has 4 atom stereocenters. The van der Waals surface area contributed by atoms with Crippen LogP contribution in [0, 0.1) is 0 Å². The zero-order valence-corrected chi connectivity index (χ0v) is 55.9. The van der Waals surface area contributed by atoms with Gasteiger partial charge in [0, 0.05) is 44.0 Å². The van der Waals surface area contributed by atoms with Crippen LogP contribution in [0.2, 0.25) is 39.3 Å². The molecule has 496 valence electrons. The first-order valence-electron chi connectivity index (χ1n) is 31.4. The predicted octanol–water partition coefficient (Wildman–Crippen LogP) is 21.2. The number of rotatable bonds is 40. The second-order valence-corrected chi connectivity index (χ2v) is 40.6. The quantitative estimate of drug-likeness (QED) is 0.0288. The minimum atomic E-state index is -6.59. The van der Waals surface area contributed by atoms with E-state index in [2.05, 4.69) is 27.7 Å². The summed E-state index contributed by atoms with van der Waals surface area (Å²) in [6, 6.07) is 18.0. The van der Waals surface area contributed by atoms with Crippen LogP contribution in [0.1, 0.15) is 212 Å². The van der Waals surface area contributed by atoms with Gasteiger partial charge in [0.2, 0.25) is 0 Å². The first-order valence-corrected chi connectivity index (χ1v) is 37.8. The van der Waals surface area contributed by atoms with E-state index in [1.807, 2.05) is 60.7 Å². The largest absolute Gasteiger partial charge is 0.459 e. The third kappa shape index (κ3) is 20.4. The molecule has 22 heteroatoms. The minimum Gasteiger partial charge on any atom is -0.459 e. The lowest BCUT2D eigenvalue weighted by molar-refractivity contribution is -0.355. The van der Waals surface area contributed by atoms with E-state index in [0.717, 1.165) is 48.9 Å². The van der Waals surface area contributed by atoms with E-state index in [9.17, 15) is 48.7 Å². The number of carbonyl (C=O) groups is 1. The Morgan fingerprint density at radius 3 is 1.23 bits per heavy atom. The van der Waals surface area contributed by atoms with Gasteiger partial charge < -0.3 is 18.0 Å².